The van der Waals surface area contributed by atoms with Gasteiger partial charge in [0.2, 0.25) is 0 Å². The average Bonchev–Trinajstić information content (AvgIpc) is 2.32. The van der Waals surface area contributed by atoms with Crippen LogP contribution in [0.25, 0.3) is 0 Å². The molecule has 0 aliphatic heterocycles. The first-order chi connectivity index (χ1) is 7.91. The molecule has 0 fully saturated rings. The lowest BCUT2D eigenvalue weighted by Gasteiger charge is -2.26. The monoisotopic (exact) mass is 277 g/mol. The molecule has 0 aliphatic carbocycles. The summed E-state index contributed by atoms with van der Waals surface area (Å²) in [4.78, 5) is 11.9. The number of aliphatic hydroxyl groups is 2. The Morgan fingerprint density at radius 1 is 1.35 bits per heavy atom. The van der Waals surface area contributed by atoms with E-state index in [1.807, 2.05) is 0 Å². The third kappa shape index (κ3) is 3.57. The zero-order valence-electron chi connectivity index (χ0n) is 9.20. The fourth-order valence-electron chi connectivity index (χ4n) is 1.14. The van der Waals surface area contributed by atoms with Gasteiger partial charge in [-0.05, 0) is 25.1 Å². The van der Waals surface area contributed by atoms with Crippen molar-refractivity contribution in [2.75, 3.05) is 13.2 Å². The number of rotatable bonds is 4. The molecule has 94 valence electrons. The van der Waals surface area contributed by atoms with E-state index in [1.54, 1.807) is 6.07 Å². The number of carbonyl (C=O) groups is 1. The van der Waals surface area contributed by atoms with Crippen molar-refractivity contribution in [3.63, 3.8) is 0 Å². The van der Waals surface area contributed by atoms with Gasteiger partial charge in [-0.1, -0.05) is 23.2 Å². The summed E-state index contributed by atoms with van der Waals surface area (Å²) in [5.41, 5.74) is -0.893. The van der Waals surface area contributed by atoms with Crippen molar-refractivity contribution in [2.45, 2.75) is 12.5 Å². The van der Waals surface area contributed by atoms with Gasteiger partial charge in [0.05, 0.1) is 29.3 Å². The highest BCUT2D eigenvalue weighted by Crippen LogP contribution is 2.21. The van der Waals surface area contributed by atoms with Crippen molar-refractivity contribution in [1.29, 1.82) is 0 Å². The normalized spacial score (nSPS) is 11.4. The second kappa shape index (κ2) is 5.69. The Hall–Kier alpha value is -0.810. The van der Waals surface area contributed by atoms with Crippen LogP contribution in [0.2, 0.25) is 10.0 Å². The zero-order chi connectivity index (χ0) is 13.1. The molecule has 0 spiro atoms. The predicted octanol–water partition coefficient (Wildman–Crippen LogP) is 1.47. The summed E-state index contributed by atoms with van der Waals surface area (Å²) < 4.78 is 0. The molecule has 0 saturated heterocycles. The molecular formula is C11H13Cl2NO3. The number of halogens is 2. The molecule has 0 heterocycles. The maximum atomic E-state index is 11.9. The van der Waals surface area contributed by atoms with Crippen molar-refractivity contribution in [2.24, 2.45) is 0 Å². The highest BCUT2D eigenvalue weighted by Gasteiger charge is 2.26. The number of aliphatic hydroxyl groups excluding tert-OH is 2. The lowest BCUT2D eigenvalue weighted by atomic mass is 10.0. The summed E-state index contributed by atoms with van der Waals surface area (Å²) >= 11 is 11.6. The molecule has 0 atom stereocenters. The Balaban J connectivity index is 2.94. The number of nitrogens with one attached hydrogen (secondary N) is 1. The molecule has 0 radical (unpaired) electrons. The molecule has 1 aromatic carbocycles. The van der Waals surface area contributed by atoms with E-state index in [9.17, 15) is 4.79 Å². The molecule has 6 heteroatoms. The van der Waals surface area contributed by atoms with Gasteiger partial charge in [0.1, 0.15) is 0 Å². The first-order valence-corrected chi connectivity index (χ1v) is 5.67. The maximum absolute atomic E-state index is 11.9. The summed E-state index contributed by atoms with van der Waals surface area (Å²) in [6.07, 6.45) is 0. The van der Waals surface area contributed by atoms with Gasteiger partial charge in [-0.2, -0.15) is 0 Å². The third-order valence-electron chi connectivity index (χ3n) is 2.29. The van der Waals surface area contributed by atoms with E-state index < -0.39 is 11.4 Å². The summed E-state index contributed by atoms with van der Waals surface area (Å²) in [6.45, 7) is 0.754. The summed E-state index contributed by atoms with van der Waals surface area (Å²) in [7, 11) is 0. The third-order valence-corrected chi connectivity index (χ3v) is 2.85. The predicted molar refractivity (Wildman–Crippen MR) is 66.5 cm³/mol. The summed E-state index contributed by atoms with van der Waals surface area (Å²) in [5.74, 6) is -0.497. The molecule has 1 aromatic rings. The lowest BCUT2D eigenvalue weighted by molar-refractivity contribution is 0.0724. The van der Waals surface area contributed by atoms with Crippen molar-refractivity contribution in [3.8, 4) is 0 Å². The second-order valence-electron chi connectivity index (χ2n) is 3.96. The van der Waals surface area contributed by atoms with E-state index in [1.165, 1.54) is 19.1 Å². The quantitative estimate of drug-likeness (QED) is 0.781. The number of carbonyl (C=O) groups excluding carboxylic acids is 1. The number of amides is 1. The molecule has 1 amide bonds. The van der Waals surface area contributed by atoms with E-state index >= 15 is 0 Å². The maximum Gasteiger partial charge on any atom is 0.253 e. The van der Waals surface area contributed by atoms with Crippen LogP contribution in [0.15, 0.2) is 18.2 Å². The lowest BCUT2D eigenvalue weighted by Crippen LogP contribution is -2.51. The zero-order valence-corrected chi connectivity index (χ0v) is 10.7. The van der Waals surface area contributed by atoms with Gasteiger partial charge in [-0.3, -0.25) is 4.79 Å². The van der Waals surface area contributed by atoms with Gasteiger partial charge in [-0.25, -0.2) is 0 Å². The second-order valence-corrected chi connectivity index (χ2v) is 4.80. The molecule has 0 unspecified atom stereocenters. The van der Waals surface area contributed by atoms with E-state index in [4.69, 9.17) is 33.4 Å². The Morgan fingerprint density at radius 3 is 2.47 bits per heavy atom. The first-order valence-electron chi connectivity index (χ1n) is 4.91. The first kappa shape index (κ1) is 14.3. The largest absolute Gasteiger partial charge is 0.394 e. The Labute approximate surface area is 109 Å². The molecule has 17 heavy (non-hydrogen) atoms. The molecular weight excluding hydrogens is 265 g/mol. The van der Waals surface area contributed by atoms with Crippen LogP contribution >= 0.6 is 23.2 Å². The average molecular weight is 278 g/mol. The van der Waals surface area contributed by atoms with Crippen LogP contribution in [0, 0.1) is 0 Å². The fraction of sp³-hybridized carbons (Fsp3) is 0.364. The SMILES string of the molecule is CC(CO)(CO)NC(=O)c1cc(Cl)ccc1Cl. The van der Waals surface area contributed by atoms with E-state index in [-0.39, 0.29) is 23.8 Å². The van der Waals surface area contributed by atoms with Crippen LogP contribution in [0.5, 0.6) is 0 Å². The number of benzene rings is 1. The smallest absolute Gasteiger partial charge is 0.253 e. The van der Waals surface area contributed by atoms with Crippen molar-refractivity contribution in [1.82, 2.24) is 5.32 Å². The number of hydrogen-bond donors (Lipinski definition) is 3. The van der Waals surface area contributed by atoms with Crippen molar-refractivity contribution >= 4 is 29.1 Å². The summed E-state index contributed by atoms with van der Waals surface area (Å²) in [5, 5.41) is 21.3. The topological polar surface area (TPSA) is 69.6 Å². The molecule has 0 aliphatic rings. The Bertz CT molecular complexity index is 419. The molecule has 0 bridgehead atoms. The molecule has 0 saturated carbocycles. The van der Waals surface area contributed by atoms with Crippen molar-refractivity contribution in [3.05, 3.63) is 33.8 Å². The van der Waals surface area contributed by atoms with Crippen LogP contribution in [-0.2, 0) is 0 Å². The van der Waals surface area contributed by atoms with Gasteiger partial charge in [-0.15, -0.1) is 0 Å². The molecule has 1 rings (SSSR count). The van der Waals surface area contributed by atoms with Crippen LogP contribution in [0.3, 0.4) is 0 Å². The van der Waals surface area contributed by atoms with Gasteiger partial charge in [0.25, 0.3) is 5.91 Å². The number of hydrogen-bond acceptors (Lipinski definition) is 3. The highest BCUT2D eigenvalue weighted by atomic mass is 35.5. The minimum absolute atomic E-state index is 0.201. The standard InChI is InChI=1S/C11H13Cl2NO3/c1-11(5-15,6-16)14-10(17)8-4-7(12)2-3-9(8)13/h2-4,15-16H,5-6H2,1H3,(H,14,17). The van der Waals surface area contributed by atoms with Crippen LogP contribution < -0.4 is 5.32 Å². The summed E-state index contributed by atoms with van der Waals surface area (Å²) in [6, 6.07) is 4.50. The van der Waals surface area contributed by atoms with E-state index in [2.05, 4.69) is 5.32 Å². The highest BCUT2D eigenvalue weighted by molar-refractivity contribution is 6.35. The Morgan fingerprint density at radius 2 is 1.94 bits per heavy atom. The van der Waals surface area contributed by atoms with Crippen LogP contribution in [-0.4, -0.2) is 34.9 Å². The van der Waals surface area contributed by atoms with Gasteiger partial charge in [0, 0.05) is 5.02 Å². The van der Waals surface area contributed by atoms with Gasteiger partial charge < -0.3 is 15.5 Å². The minimum atomic E-state index is -1.09. The van der Waals surface area contributed by atoms with Crippen LogP contribution in [0.1, 0.15) is 17.3 Å². The minimum Gasteiger partial charge on any atom is -0.394 e. The van der Waals surface area contributed by atoms with Gasteiger partial charge >= 0.3 is 0 Å². The van der Waals surface area contributed by atoms with E-state index in [0.29, 0.717) is 5.02 Å². The van der Waals surface area contributed by atoms with Crippen molar-refractivity contribution < 1.29 is 15.0 Å². The van der Waals surface area contributed by atoms with Gasteiger partial charge in [0.15, 0.2) is 0 Å². The Kier molecular flexibility index (Phi) is 4.77. The molecule has 3 N–H and O–H groups in total. The fourth-order valence-corrected chi connectivity index (χ4v) is 1.52. The van der Waals surface area contributed by atoms with Crippen LogP contribution in [0.4, 0.5) is 0 Å². The molecule has 4 nitrogen and oxygen atoms in total. The van der Waals surface area contributed by atoms with E-state index in [0.717, 1.165) is 0 Å². The molecule has 0 aromatic heterocycles.